The van der Waals surface area contributed by atoms with Crippen LogP contribution in [0.25, 0.3) is 6.08 Å². The molecule has 0 bridgehead atoms. The maximum atomic E-state index is 12.5. The number of hydrogen-bond acceptors (Lipinski definition) is 3. The molecule has 0 aliphatic rings. The van der Waals surface area contributed by atoms with Crippen molar-refractivity contribution in [3.63, 3.8) is 0 Å². The SMILES string of the molecule is CC(NC(=O)/C=C/c1ccccc1)C(=O)N(C)Cc1ccc(N(C)C)cc1. The highest BCUT2D eigenvalue weighted by Crippen LogP contribution is 2.13. The number of nitrogens with one attached hydrogen (secondary N) is 1. The number of carbonyl (C=O) groups is 2. The maximum Gasteiger partial charge on any atom is 0.244 e. The van der Waals surface area contributed by atoms with Crippen molar-refractivity contribution < 1.29 is 9.59 Å². The second kappa shape index (κ2) is 9.57. The normalized spacial score (nSPS) is 11.9. The third kappa shape index (κ3) is 6.29. The Morgan fingerprint density at radius 3 is 2.22 bits per heavy atom. The number of anilines is 1. The first-order chi connectivity index (χ1) is 12.9. The van der Waals surface area contributed by atoms with E-state index in [9.17, 15) is 9.59 Å². The average molecular weight is 365 g/mol. The van der Waals surface area contributed by atoms with Crippen LogP contribution in [0, 0.1) is 0 Å². The minimum Gasteiger partial charge on any atom is -0.378 e. The molecule has 2 rings (SSSR count). The summed E-state index contributed by atoms with van der Waals surface area (Å²) in [5.74, 6) is -0.420. The van der Waals surface area contributed by atoms with Gasteiger partial charge in [0.05, 0.1) is 0 Å². The summed E-state index contributed by atoms with van der Waals surface area (Å²) in [4.78, 5) is 28.2. The molecule has 1 atom stereocenters. The van der Waals surface area contributed by atoms with Gasteiger partial charge in [0, 0.05) is 39.5 Å². The van der Waals surface area contributed by atoms with E-state index in [2.05, 4.69) is 5.32 Å². The van der Waals surface area contributed by atoms with E-state index < -0.39 is 6.04 Å². The summed E-state index contributed by atoms with van der Waals surface area (Å²) < 4.78 is 0. The summed E-state index contributed by atoms with van der Waals surface area (Å²) in [5.41, 5.74) is 3.09. The topological polar surface area (TPSA) is 52.7 Å². The summed E-state index contributed by atoms with van der Waals surface area (Å²) in [6.07, 6.45) is 3.17. The molecule has 0 spiro atoms. The standard InChI is InChI=1S/C22H27N3O2/c1-17(23-21(26)15-12-18-8-6-5-7-9-18)22(27)25(4)16-19-10-13-20(14-11-19)24(2)3/h5-15,17H,16H2,1-4H3,(H,23,26)/b15-12+. The van der Waals surface area contributed by atoms with E-state index >= 15 is 0 Å². The summed E-state index contributed by atoms with van der Waals surface area (Å²) in [5, 5.41) is 2.72. The van der Waals surface area contributed by atoms with Crippen LogP contribution in [0.3, 0.4) is 0 Å². The van der Waals surface area contributed by atoms with Crippen LogP contribution < -0.4 is 10.2 Å². The van der Waals surface area contributed by atoms with Crippen LogP contribution >= 0.6 is 0 Å². The third-order valence-electron chi connectivity index (χ3n) is 4.20. The zero-order chi connectivity index (χ0) is 19.8. The Morgan fingerprint density at radius 2 is 1.63 bits per heavy atom. The molecule has 5 heteroatoms. The first kappa shape index (κ1) is 20.2. The van der Waals surface area contributed by atoms with Gasteiger partial charge in [-0.05, 0) is 36.3 Å². The van der Waals surface area contributed by atoms with Crippen molar-refractivity contribution in [3.8, 4) is 0 Å². The van der Waals surface area contributed by atoms with E-state index in [4.69, 9.17) is 0 Å². The molecular weight excluding hydrogens is 338 g/mol. The van der Waals surface area contributed by atoms with E-state index in [1.165, 1.54) is 6.08 Å². The van der Waals surface area contributed by atoms with Gasteiger partial charge in [-0.1, -0.05) is 42.5 Å². The molecular formula is C22H27N3O2. The predicted octanol–water partition coefficient (Wildman–Crippen LogP) is 2.93. The van der Waals surface area contributed by atoms with Gasteiger partial charge in [-0.3, -0.25) is 9.59 Å². The van der Waals surface area contributed by atoms with Crippen LogP contribution in [0.4, 0.5) is 5.69 Å². The lowest BCUT2D eigenvalue weighted by Gasteiger charge is -2.22. The van der Waals surface area contributed by atoms with Gasteiger partial charge < -0.3 is 15.1 Å². The van der Waals surface area contributed by atoms with Crippen molar-refractivity contribution in [1.82, 2.24) is 10.2 Å². The Morgan fingerprint density at radius 1 is 1.00 bits per heavy atom. The van der Waals surface area contributed by atoms with Crippen LogP contribution in [-0.4, -0.2) is 43.9 Å². The quantitative estimate of drug-likeness (QED) is 0.768. The van der Waals surface area contributed by atoms with Crippen LogP contribution in [-0.2, 0) is 16.1 Å². The van der Waals surface area contributed by atoms with E-state index in [1.54, 1.807) is 24.9 Å². The second-order valence-corrected chi connectivity index (χ2v) is 6.73. The fraction of sp³-hybridized carbons (Fsp3) is 0.273. The summed E-state index contributed by atoms with van der Waals surface area (Å²) >= 11 is 0. The predicted molar refractivity (Wildman–Crippen MR) is 110 cm³/mol. The molecule has 0 saturated heterocycles. The number of rotatable bonds is 7. The van der Waals surface area contributed by atoms with Crippen molar-refractivity contribution in [2.75, 3.05) is 26.0 Å². The second-order valence-electron chi connectivity index (χ2n) is 6.73. The Bertz CT molecular complexity index is 783. The molecule has 142 valence electrons. The van der Waals surface area contributed by atoms with Gasteiger partial charge >= 0.3 is 0 Å². The minimum atomic E-state index is -0.594. The number of amides is 2. The smallest absolute Gasteiger partial charge is 0.244 e. The Balaban J connectivity index is 1.87. The van der Waals surface area contributed by atoms with Gasteiger partial charge in [-0.2, -0.15) is 0 Å². The molecule has 1 unspecified atom stereocenters. The zero-order valence-corrected chi connectivity index (χ0v) is 16.3. The zero-order valence-electron chi connectivity index (χ0n) is 16.3. The Hall–Kier alpha value is -3.08. The fourth-order valence-electron chi connectivity index (χ4n) is 2.64. The highest BCUT2D eigenvalue weighted by molar-refractivity contribution is 5.95. The lowest BCUT2D eigenvalue weighted by atomic mass is 10.1. The summed E-state index contributed by atoms with van der Waals surface area (Å²) in [6, 6.07) is 17.0. The fourth-order valence-corrected chi connectivity index (χ4v) is 2.64. The van der Waals surface area contributed by atoms with Gasteiger partial charge in [0.25, 0.3) is 0 Å². The molecule has 0 aromatic heterocycles. The monoisotopic (exact) mass is 365 g/mol. The number of carbonyl (C=O) groups excluding carboxylic acids is 2. The van der Waals surface area contributed by atoms with Gasteiger partial charge in [-0.25, -0.2) is 0 Å². The van der Waals surface area contributed by atoms with Crippen molar-refractivity contribution >= 4 is 23.6 Å². The van der Waals surface area contributed by atoms with Crippen LogP contribution in [0.5, 0.6) is 0 Å². The number of hydrogen-bond donors (Lipinski definition) is 1. The van der Waals surface area contributed by atoms with Crippen LogP contribution in [0.1, 0.15) is 18.1 Å². The number of benzene rings is 2. The van der Waals surface area contributed by atoms with E-state index in [-0.39, 0.29) is 11.8 Å². The highest BCUT2D eigenvalue weighted by Gasteiger charge is 2.18. The molecule has 0 radical (unpaired) electrons. The van der Waals surface area contributed by atoms with E-state index in [0.29, 0.717) is 6.54 Å². The Labute approximate surface area is 161 Å². The van der Waals surface area contributed by atoms with Crippen molar-refractivity contribution in [1.29, 1.82) is 0 Å². The van der Waals surface area contributed by atoms with Crippen LogP contribution in [0.15, 0.2) is 60.7 Å². The van der Waals surface area contributed by atoms with Gasteiger partial charge in [0.2, 0.25) is 11.8 Å². The molecule has 0 fully saturated rings. The van der Waals surface area contributed by atoms with E-state index in [0.717, 1.165) is 16.8 Å². The van der Waals surface area contributed by atoms with E-state index in [1.807, 2.05) is 73.6 Å². The van der Waals surface area contributed by atoms with Gasteiger partial charge in [0.15, 0.2) is 0 Å². The molecule has 2 aromatic carbocycles. The third-order valence-corrected chi connectivity index (χ3v) is 4.20. The molecule has 2 amide bonds. The Kier molecular flexibility index (Phi) is 7.17. The van der Waals surface area contributed by atoms with Crippen molar-refractivity contribution in [3.05, 3.63) is 71.8 Å². The van der Waals surface area contributed by atoms with Crippen molar-refractivity contribution in [2.45, 2.75) is 19.5 Å². The molecule has 0 heterocycles. The molecule has 5 nitrogen and oxygen atoms in total. The molecule has 1 N–H and O–H groups in total. The largest absolute Gasteiger partial charge is 0.378 e. The number of likely N-dealkylation sites (N-methyl/N-ethyl adjacent to an activating group) is 1. The molecule has 0 aliphatic heterocycles. The van der Waals surface area contributed by atoms with Crippen LogP contribution in [0.2, 0.25) is 0 Å². The lowest BCUT2D eigenvalue weighted by Crippen LogP contribution is -2.44. The van der Waals surface area contributed by atoms with Crippen molar-refractivity contribution in [2.24, 2.45) is 0 Å². The first-order valence-electron chi connectivity index (χ1n) is 8.91. The molecule has 0 saturated carbocycles. The molecule has 2 aromatic rings. The first-order valence-corrected chi connectivity index (χ1v) is 8.91. The molecule has 0 aliphatic carbocycles. The average Bonchev–Trinajstić information content (AvgIpc) is 2.67. The lowest BCUT2D eigenvalue weighted by molar-refractivity contribution is -0.134. The summed E-state index contributed by atoms with van der Waals surface area (Å²) in [6.45, 7) is 2.19. The van der Waals surface area contributed by atoms with Gasteiger partial charge in [0.1, 0.15) is 6.04 Å². The summed E-state index contributed by atoms with van der Waals surface area (Å²) in [7, 11) is 5.72. The molecule has 27 heavy (non-hydrogen) atoms. The number of nitrogens with zero attached hydrogens (tertiary/aromatic N) is 2. The van der Waals surface area contributed by atoms with Gasteiger partial charge in [-0.15, -0.1) is 0 Å². The highest BCUT2D eigenvalue weighted by atomic mass is 16.2. The minimum absolute atomic E-state index is 0.131. The maximum absolute atomic E-state index is 12.5.